The predicted octanol–water partition coefficient (Wildman–Crippen LogP) is 1.43. The van der Waals surface area contributed by atoms with Crippen LogP contribution in [0.15, 0.2) is 12.2 Å². The van der Waals surface area contributed by atoms with Gasteiger partial charge in [0.25, 0.3) is 6.43 Å². The third kappa shape index (κ3) is 7.63. The Balaban J connectivity index is 3.20. The third-order valence-electron chi connectivity index (χ3n) is 1.18. The van der Waals surface area contributed by atoms with Crippen LogP contribution in [-0.4, -0.2) is 32.7 Å². The molecule has 0 saturated heterocycles. The zero-order valence-corrected chi connectivity index (χ0v) is 7.28. The molecule has 0 unspecified atom stereocenters. The summed E-state index contributed by atoms with van der Waals surface area (Å²) in [6.45, 7) is 6.79. The summed E-state index contributed by atoms with van der Waals surface area (Å²) in [5.41, 5.74) is 0.789. The first-order chi connectivity index (χ1) is 5.66. The van der Waals surface area contributed by atoms with Crippen LogP contribution in [0.4, 0.5) is 8.78 Å². The third-order valence-corrected chi connectivity index (χ3v) is 1.18. The molecule has 0 aliphatic rings. The van der Waals surface area contributed by atoms with Gasteiger partial charge in [0.2, 0.25) is 0 Å². The maximum absolute atomic E-state index is 11.6. The average molecular weight is 179 g/mol. The van der Waals surface area contributed by atoms with Crippen LogP contribution in [0.1, 0.15) is 6.92 Å². The van der Waals surface area contributed by atoms with E-state index in [4.69, 9.17) is 0 Å². The van der Waals surface area contributed by atoms with Crippen LogP contribution >= 0.6 is 0 Å². The fourth-order valence-electron chi connectivity index (χ4n) is 0.645. The van der Waals surface area contributed by atoms with Crippen LogP contribution in [0, 0.1) is 0 Å². The summed E-state index contributed by atoms with van der Waals surface area (Å²) < 4.78 is 27.8. The first-order valence-electron chi connectivity index (χ1n) is 3.90. The first kappa shape index (κ1) is 11.5. The smallest absolute Gasteiger partial charge is 0.261 e. The van der Waals surface area contributed by atoms with Crippen molar-refractivity contribution in [3.05, 3.63) is 12.2 Å². The number of nitrogens with one attached hydrogen (secondary N) is 1. The summed E-state index contributed by atoms with van der Waals surface area (Å²) in [6, 6.07) is 0. The van der Waals surface area contributed by atoms with E-state index in [1.54, 1.807) is 0 Å². The van der Waals surface area contributed by atoms with E-state index in [0.717, 1.165) is 12.1 Å². The van der Waals surface area contributed by atoms with Crippen LogP contribution in [0.5, 0.6) is 0 Å². The number of alkyl halides is 2. The van der Waals surface area contributed by atoms with Gasteiger partial charge in [0.15, 0.2) is 0 Å². The molecular weight excluding hydrogens is 164 g/mol. The Morgan fingerprint density at radius 1 is 1.58 bits per heavy atom. The number of rotatable bonds is 7. The van der Waals surface area contributed by atoms with E-state index in [9.17, 15) is 8.78 Å². The van der Waals surface area contributed by atoms with Crippen LogP contribution in [-0.2, 0) is 4.74 Å². The molecule has 12 heavy (non-hydrogen) atoms. The van der Waals surface area contributed by atoms with Crippen molar-refractivity contribution in [3.63, 3.8) is 0 Å². The number of hydrogen-bond donors (Lipinski definition) is 1. The first-order valence-corrected chi connectivity index (χ1v) is 3.90. The Morgan fingerprint density at radius 2 is 2.25 bits per heavy atom. The number of halogens is 2. The molecule has 0 aliphatic carbocycles. The van der Waals surface area contributed by atoms with Gasteiger partial charge in [0.05, 0.1) is 6.61 Å². The van der Waals surface area contributed by atoms with E-state index >= 15 is 0 Å². The minimum absolute atomic E-state index is 0.206. The maximum atomic E-state index is 11.6. The molecular formula is C8H15F2NO. The Labute approximate surface area is 71.6 Å². The van der Waals surface area contributed by atoms with Gasteiger partial charge in [-0.1, -0.05) is 13.5 Å². The van der Waals surface area contributed by atoms with Gasteiger partial charge in [-0.05, 0) is 12.1 Å². The van der Waals surface area contributed by atoms with E-state index in [1.165, 1.54) is 0 Å². The SMILES string of the molecule is C=C(CNCC)COCC(F)F. The zero-order chi connectivity index (χ0) is 9.40. The molecule has 0 aromatic rings. The second kappa shape index (κ2) is 7.18. The molecule has 1 N–H and O–H groups in total. The fraction of sp³-hybridized carbons (Fsp3) is 0.750. The summed E-state index contributed by atoms with van der Waals surface area (Å²) in [5, 5.41) is 3.02. The van der Waals surface area contributed by atoms with E-state index < -0.39 is 13.0 Å². The highest BCUT2D eigenvalue weighted by atomic mass is 19.3. The Morgan fingerprint density at radius 3 is 2.75 bits per heavy atom. The molecule has 0 heterocycles. The summed E-state index contributed by atoms with van der Waals surface area (Å²) >= 11 is 0. The highest BCUT2D eigenvalue weighted by molar-refractivity contribution is 4.96. The van der Waals surface area contributed by atoms with Crippen molar-refractivity contribution in [3.8, 4) is 0 Å². The van der Waals surface area contributed by atoms with Gasteiger partial charge in [-0.15, -0.1) is 0 Å². The highest BCUT2D eigenvalue weighted by Crippen LogP contribution is 1.95. The molecule has 0 bridgehead atoms. The molecule has 0 fully saturated rings. The summed E-state index contributed by atoms with van der Waals surface area (Å²) in [4.78, 5) is 0. The Hall–Kier alpha value is -0.480. The maximum Gasteiger partial charge on any atom is 0.261 e. The molecule has 0 aromatic carbocycles. The van der Waals surface area contributed by atoms with Crippen LogP contribution < -0.4 is 5.32 Å². The molecule has 0 amide bonds. The standard InChI is InChI=1S/C8H15F2NO/c1-3-11-4-7(2)5-12-6-8(9)10/h8,11H,2-6H2,1H3. The number of hydrogen-bond acceptors (Lipinski definition) is 2. The molecule has 2 nitrogen and oxygen atoms in total. The average Bonchev–Trinajstić information content (AvgIpc) is 2.00. The fourth-order valence-corrected chi connectivity index (χ4v) is 0.645. The van der Waals surface area contributed by atoms with Crippen LogP contribution in [0.2, 0.25) is 0 Å². The molecule has 4 heteroatoms. The topological polar surface area (TPSA) is 21.3 Å². The highest BCUT2D eigenvalue weighted by Gasteiger charge is 2.01. The molecule has 72 valence electrons. The van der Waals surface area contributed by atoms with Gasteiger partial charge in [-0.3, -0.25) is 0 Å². The van der Waals surface area contributed by atoms with Crippen LogP contribution in [0.3, 0.4) is 0 Å². The lowest BCUT2D eigenvalue weighted by Gasteiger charge is -2.06. The monoisotopic (exact) mass is 179 g/mol. The lowest BCUT2D eigenvalue weighted by atomic mass is 10.3. The lowest BCUT2D eigenvalue weighted by molar-refractivity contribution is 0.0260. The van der Waals surface area contributed by atoms with Crippen molar-refractivity contribution < 1.29 is 13.5 Å². The second-order valence-corrected chi connectivity index (χ2v) is 2.44. The van der Waals surface area contributed by atoms with Crippen molar-refractivity contribution in [2.24, 2.45) is 0 Å². The molecule has 0 atom stereocenters. The van der Waals surface area contributed by atoms with Crippen molar-refractivity contribution in [1.29, 1.82) is 0 Å². The Bertz CT molecular complexity index is 128. The van der Waals surface area contributed by atoms with Gasteiger partial charge < -0.3 is 10.1 Å². The second-order valence-electron chi connectivity index (χ2n) is 2.44. The summed E-state index contributed by atoms with van der Waals surface area (Å²) in [7, 11) is 0. The zero-order valence-electron chi connectivity index (χ0n) is 7.28. The lowest BCUT2D eigenvalue weighted by Crippen LogP contribution is -2.18. The summed E-state index contributed by atoms with van der Waals surface area (Å²) in [5.74, 6) is 0. The minimum atomic E-state index is -2.39. The molecule has 0 aliphatic heterocycles. The molecule has 0 saturated carbocycles. The van der Waals surface area contributed by atoms with Gasteiger partial charge >= 0.3 is 0 Å². The Kier molecular flexibility index (Phi) is 6.90. The van der Waals surface area contributed by atoms with Crippen molar-refractivity contribution in [1.82, 2.24) is 5.32 Å². The molecule has 0 aromatic heterocycles. The van der Waals surface area contributed by atoms with E-state index in [1.807, 2.05) is 6.92 Å². The molecule has 0 rings (SSSR count). The van der Waals surface area contributed by atoms with Crippen molar-refractivity contribution in [2.75, 3.05) is 26.3 Å². The van der Waals surface area contributed by atoms with Gasteiger partial charge in [0, 0.05) is 6.54 Å². The van der Waals surface area contributed by atoms with Gasteiger partial charge in [0.1, 0.15) is 6.61 Å². The van der Waals surface area contributed by atoms with Crippen molar-refractivity contribution >= 4 is 0 Å². The predicted molar refractivity (Wildman–Crippen MR) is 44.5 cm³/mol. The van der Waals surface area contributed by atoms with Gasteiger partial charge in [-0.25, -0.2) is 8.78 Å². The number of likely N-dealkylation sites (N-methyl/N-ethyl adjacent to an activating group) is 1. The molecule has 0 spiro atoms. The minimum Gasteiger partial charge on any atom is -0.371 e. The normalized spacial score (nSPS) is 10.7. The van der Waals surface area contributed by atoms with Crippen molar-refractivity contribution in [2.45, 2.75) is 13.3 Å². The van der Waals surface area contributed by atoms with Crippen LogP contribution in [0.25, 0.3) is 0 Å². The van der Waals surface area contributed by atoms with Gasteiger partial charge in [-0.2, -0.15) is 0 Å². The van der Waals surface area contributed by atoms with E-state index in [-0.39, 0.29) is 6.61 Å². The number of ether oxygens (including phenoxy) is 1. The molecule has 0 radical (unpaired) electrons. The van der Waals surface area contributed by atoms with E-state index in [2.05, 4.69) is 16.6 Å². The largest absolute Gasteiger partial charge is 0.371 e. The quantitative estimate of drug-likeness (QED) is 0.597. The van der Waals surface area contributed by atoms with E-state index in [0.29, 0.717) is 6.54 Å². The summed E-state index contributed by atoms with van der Waals surface area (Å²) in [6.07, 6.45) is -2.39.